The van der Waals surface area contributed by atoms with Crippen LogP contribution in [0.3, 0.4) is 0 Å². The molecule has 4 fully saturated rings. The first kappa shape index (κ1) is 12.7. The van der Waals surface area contributed by atoms with Gasteiger partial charge in [-0.2, -0.15) is 0 Å². The van der Waals surface area contributed by atoms with Gasteiger partial charge in [0.25, 0.3) is 0 Å². The number of hydrogen-bond donors (Lipinski definition) is 0. The van der Waals surface area contributed by atoms with Crippen molar-refractivity contribution in [3.05, 3.63) is 0 Å². The summed E-state index contributed by atoms with van der Waals surface area (Å²) in [5.74, 6) is 8.95. The van der Waals surface area contributed by atoms with Crippen LogP contribution in [0, 0.1) is 47.3 Å². The van der Waals surface area contributed by atoms with Crippen LogP contribution in [0.2, 0.25) is 0 Å². The summed E-state index contributed by atoms with van der Waals surface area (Å²) >= 11 is 0. The Morgan fingerprint density at radius 3 is 2.11 bits per heavy atom. The van der Waals surface area contributed by atoms with E-state index in [9.17, 15) is 0 Å². The smallest absolute Gasteiger partial charge is 0.0318 e. The SMILES string of the molecule is CC1CCC2CCCC2C1C1C(C)C1C1CCCC1. The van der Waals surface area contributed by atoms with Crippen LogP contribution in [-0.4, -0.2) is 0 Å². The first-order valence-electron chi connectivity index (χ1n) is 9.27. The lowest BCUT2D eigenvalue weighted by Gasteiger charge is -2.40. The second-order valence-corrected chi connectivity index (χ2v) is 8.55. The van der Waals surface area contributed by atoms with Crippen molar-refractivity contribution >= 4 is 0 Å². The lowest BCUT2D eigenvalue weighted by Crippen LogP contribution is -2.33. The van der Waals surface area contributed by atoms with Crippen molar-refractivity contribution in [1.82, 2.24) is 0 Å². The van der Waals surface area contributed by atoms with Crippen molar-refractivity contribution in [1.29, 1.82) is 0 Å². The Kier molecular flexibility index (Phi) is 3.20. The molecule has 7 atom stereocenters. The topological polar surface area (TPSA) is 0 Å². The minimum Gasteiger partial charge on any atom is -0.0622 e. The largest absolute Gasteiger partial charge is 0.0622 e. The summed E-state index contributed by atoms with van der Waals surface area (Å²) in [6.07, 6.45) is 14.0. The highest BCUT2D eigenvalue weighted by Gasteiger charge is 2.58. The van der Waals surface area contributed by atoms with Gasteiger partial charge in [0.1, 0.15) is 0 Å². The normalized spacial score (nSPS) is 54.3. The first-order valence-corrected chi connectivity index (χ1v) is 9.27. The van der Waals surface area contributed by atoms with E-state index in [0.29, 0.717) is 0 Å². The molecule has 0 spiro atoms. The van der Waals surface area contributed by atoms with Crippen LogP contribution in [0.25, 0.3) is 0 Å². The summed E-state index contributed by atoms with van der Waals surface area (Å²) in [4.78, 5) is 0. The van der Waals surface area contributed by atoms with Gasteiger partial charge in [-0.3, -0.25) is 0 Å². The Hall–Kier alpha value is 0. The van der Waals surface area contributed by atoms with Crippen molar-refractivity contribution in [2.45, 2.75) is 71.6 Å². The lowest BCUT2D eigenvalue weighted by atomic mass is 9.65. The third kappa shape index (κ3) is 2.00. The Morgan fingerprint density at radius 2 is 1.32 bits per heavy atom. The molecule has 0 heterocycles. The molecule has 0 nitrogen and oxygen atoms in total. The fraction of sp³-hybridized carbons (Fsp3) is 1.00. The van der Waals surface area contributed by atoms with Gasteiger partial charge in [0, 0.05) is 0 Å². The molecule has 0 aromatic heterocycles. The van der Waals surface area contributed by atoms with E-state index in [1.807, 2.05) is 0 Å². The quantitative estimate of drug-likeness (QED) is 0.613. The first-order chi connectivity index (χ1) is 9.27. The predicted octanol–water partition coefficient (Wildman–Crippen LogP) is 5.52. The Bertz CT molecular complexity index is 327. The van der Waals surface area contributed by atoms with E-state index in [1.165, 1.54) is 12.8 Å². The van der Waals surface area contributed by atoms with Gasteiger partial charge in [-0.05, 0) is 60.2 Å². The van der Waals surface area contributed by atoms with Crippen molar-refractivity contribution in [3.8, 4) is 0 Å². The molecule has 4 rings (SSSR count). The predicted molar refractivity (Wildman–Crippen MR) is 80.8 cm³/mol. The number of hydrogen-bond acceptors (Lipinski definition) is 0. The molecule has 4 saturated carbocycles. The van der Waals surface area contributed by atoms with Crippen LogP contribution in [0.5, 0.6) is 0 Å². The molecule has 4 aliphatic rings. The fourth-order valence-corrected chi connectivity index (χ4v) is 6.91. The zero-order valence-electron chi connectivity index (χ0n) is 13.0. The second-order valence-electron chi connectivity index (χ2n) is 8.55. The van der Waals surface area contributed by atoms with Crippen LogP contribution in [-0.2, 0) is 0 Å². The van der Waals surface area contributed by atoms with Gasteiger partial charge < -0.3 is 0 Å². The highest BCUT2D eigenvalue weighted by molar-refractivity contribution is 5.06. The third-order valence-electron chi connectivity index (χ3n) is 7.77. The number of rotatable bonds is 2. The van der Waals surface area contributed by atoms with E-state index < -0.39 is 0 Å². The van der Waals surface area contributed by atoms with Gasteiger partial charge in [0.05, 0.1) is 0 Å². The van der Waals surface area contributed by atoms with E-state index in [0.717, 1.165) is 47.3 Å². The monoisotopic (exact) mass is 260 g/mol. The molecule has 0 saturated heterocycles. The standard InChI is InChI=1S/C19H32/c1-12-10-11-14-8-5-9-16(14)17(12)19-13(2)18(19)15-6-3-4-7-15/h12-19H,3-11H2,1-2H3. The molecule has 4 aliphatic carbocycles. The van der Waals surface area contributed by atoms with Gasteiger partial charge in [-0.1, -0.05) is 58.8 Å². The van der Waals surface area contributed by atoms with E-state index in [2.05, 4.69) is 13.8 Å². The van der Waals surface area contributed by atoms with Gasteiger partial charge in [0.15, 0.2) is 0 Å². The van der Waals surface area contributed by atoms with Crippen LogP contribution >= 0.6 is 0 Å². The Labute approximate surface area is 119 Å². The molecular formula is C19H32. The van der Waals surface area contributed by atoms with Gasteiger partial charge in [-0.15, -0.1) is 0 Å². The van der Waals surface area contributed by atoms with Crippen molar-refractivity contribution < 1.29 is 0 Å². The molecule has 7 unspecified atom stereocenters. The van der Waals surface area contributed by atoms with E-state index in [1.54, 1.807) is 44.9 Å². The van der Waals surface area contributed by atoms with E-state index >= 15 is 0 Å². The van der Waals surface area contributed by atoms with Crippen LogP contribution in [0.4, 0.5) is 0 Å². The van der Waals surface area contributed by atoms with Crippen molar-refractivity contribution in [2.75, 3.05) is 0 Å². The van der Waals surface area contributed by atoms with E-state index in [4.69, 9.17) is 0 Å². The molecule has 0 amide bonds. The summed E-state index contributed by atoms with van der Waals surface area (Å²) in [6.45, 7) is 5.19. The maximum atomic E-state index is 2.60. The maximum absolute atomic E-state index is 2.60. The minimum absolute atomic E-state index is 1.04. The van der Waals surface area contributed by atoms with Gasteiger partial charge in [0.2, 0.25) is 0 Å². The molecule has 0 aromatic carbocycles. The van der Waals surface area contributed by atoms with E-state index in [-0.39, 0.29) is 0 Å². The van der Waals surface area contributed by atoms with Crippen LogP contribution < -0.4 is 0 Å². The molecule has 108 valence electrons. The summed E-state index contributed by atoms with van der Waals surface area (Å²) in [7, 11) is 0. The zero-order chi connectivity index (χ0) is 13.0. The molecule has 0 radical (unpaired) electrons. The van der Waals surface area contributed by atoms with Crippen molar-refractivity contribution in [3.63, 3.8) is 0 Å². The summed E-state index contributed by atoms with van der Waals surface area (Å²) < 4.78 is 0. The highest BCUT2D eigenvalue weighted by atomic mass is 14.6. The summed E-state index contributed by atoms with van der Waals surface area (Å²) in [6, 6.07) is 0. The summed E-state index contributed by atoms with van der Waals surface area (Å²) in [5, 5.41) is 0. The molecule has 0 heteroatoms. The average Bonchev–Trinajstić information content (AvgIpc) is 2.85. The van der Waals surface area contributed by atoms with Crippen LogP contribution in [0.15, 0.2) is 0 Å². The number of fused-ring (bicyclic) bond motifs is 1. The Morgan fingerprint density at radius 1 is 0.579 bits per heavy atom. The molecule has 0 aliphatic heterocycles. The minimum atomic E-state index is 1.04. The second kappa shape index (κ2) is 4.78. The third-order valence-corrected chi connectivity index (χ3v) is 7.77. The Balaban J connectivity index is 1.51. The summed E-state index contributed by atoms with van der Waals surface area (Å²) in [5.41, 5.74) is 0. The highest BCUT2D eigenvalue weighted by Crippen LogP contribution is 2.64. The molecule has 0 bridgehead atoms. The average molecular weight is 260 g/mol. The zero-order valence-corrected chi connectivity index (χ0v) is 13.0. The van der Waals surface area contributed by atoms with Crippen LogP contribution in [0.1, 0.15) is 71.6 Å². The van der Waals surface area contributed by atoms with Gasteiger partial charge >= 0.3 is 0 Å². The van der Waals surface area contributed by atoms with Crippen molar-refractivity contribution in [2.24, 2.45) is 47.3 Å². The molecule has 19 heavy (non-hydrogen) atoms. The molecule has 0 N–H and O–H groups in total. The van der Waals surface area contributed by atoms with Gasteiger partial charge in [-0.25, -0.2) is 0 Å². The maximum Gasteiger partial charge on any atom is -0.0318 e. The lowest BCUT2D eigenvalue weighted by molar-refractivity contribution is 0.0917. The fourth-order valence-electron chi connectivity index (χ4n) is 6.91. The molecule has 0 aromatic rings. The molecular weight excluding hydrogens is 228 g/mol.